The Morgan fingerprint density at radius 3 is 2.33 bits per heavy atom. The van der Waals surface area contributed by atoms with Crippen LogP contribution < -0.4 is 0 Å². The number of carbonyl (C=O) groups excluding carboxylic acids is 1. The highest BCUT2D eigenvalue weighted by molar-refractivity contribution is 5.75. The van der Waals surface area contributed by atoms with Crippen LogP contribution in [0.25, 0.3) is 0 Å². The molecular weight excluding hydrogens is 397 g/mol. The SMILES string of the molecule is CC(=O)CCCCCC[C@@H]1[C@@H](CCC(O)c2cccc(C(F)(F)F)c2)[C@H](O)C[C@@H]1O. The van der Waals surface area contributed by atoms with Gasteiger partial charge in [0.2, 0.25) is 0 Å². The zero-order chi connectivity index (χ0) is 22.3. The molecule has 3 N–H and O–H groups in total. The first kappa shape index (κ1) is 24.8. The number of Topliss-reactive ketones (excluding diaryl/α,β-unsaturated/α-hetero) is 1. The van der Waals surface area contributed by atoms with Gasteiger partial charge in [0.15, 0.2) is 0 Å². The fourth-order valence-electron chi connectivity index (χ4n) is 4.53. The summed E-state index contributed by atoms with van der Waals surface area (Å²) < 4.78 is 38.7. The maximum atomic E-state index is 12.9. The molecule has 7 heteroatoms. The summed E-state index contributed by atoms with van der Waals surface area (Å²) in [4.78, 5) is 11.0. The van der Waals surface area contributed by atoms with Gasteiger partial charge in [-0.1, -0.05) is 31.4 Å². The molecule has 5 atom stereocenters. The van der Waals surface area contributed by atoms with E-state index >= 15 is 0 Å². The Kier molecular flexibility index (Phi) is 9.31. The standard InChI is InChI=1S/C23H33F3O4/c1-15(27)7-4-2-3-5-10-18-19(22(30)14-21(18)29)11-12-20(28)16-8-6-9-17(13-16)23(24,25)26/h6,8-9,13,18-22,28-30H,2-5,7,10-12,14H2,1H3/t18-,19-,20?,21+,22-/m1/s1. The average molecular weight is 431 g/mol. The van der Waals surface area contributed by atoms with E-state index in [2.05, 4.69) is 0 Å². The summed E-state index contributed by atoms with van der Waals surface area (Å²) >= 11 is 0. The van der Waals surface area contributed by atoms with Crippen molar-refractivity contribution in [1.82, 2.24) is 0 Å². The van der Waals surface area contributed by atoms with Crippen LogP contribution in [0.1, 0.15) is 81.9 Å². The summed E-state index contributed by atoms with van der Waals surface area (Å²) in [5, 5.41) is 31.0. The van der Waals surface area contributed by atoms with Crippen LogP contribution >= 0.6 is 0 Å². The zero-order valence-electron chi connectivity index (χ0n) is 17.4. The zero-order valence-corrected chi connectivity index (χ0v) is 17.4. The molecular formula is C23H33F3O4. The normalized spacial score (nSPS) is 25.4. The van der Waals surface area contributed by atoms with Crippen LogP contribution in [0.2, 0.25) is 0 Å². The number of ketones is 1. The number of hydrogen-bond acceptors (Lipinski definition) is 4. The van der Waals surface area contributed by atoms with Crippen molar-refractivity contribution in [2.45, 2.75) is 89.2 Å². The van der Waals surface area contributed by atoms with Crippen molar-refractivity contribution in [2.75, 3.05) is 0 Å². The van der Waals surface area contributed by atoms with Gasteiger partial charge in [0.05, 0.1) is 23.9 Å². The molecule has 0 aromatic heterocycles. The number of unbranched alkanes of at least 4 members (excludes halogenated alkanes) is 3. The van der Waals surface area contributed by atoms with Gasteiger partial charge in [-0.15, -0.1) is 0 Å². The fraction of sp³-hybridized carbons (Fsp3) is 0.696. The number of aliphatic hydroxyl groups excluding tert-OH is 3. The monoisotopic (exact) mass is 430 g/mol. The molecule has 1 unspecified atom stereocenters. The minimum atomic E-state index is -4.46. The number of benzene rings is 1. The van der Waals surface area contributed by atoms with Gasteiger partial charge in [-0.05, 0) is 68.6 Å². The van der Waals surface area contributed by atoms with Gasteiger partial charge in [0.25, 0.3) is 0 Å². The van der Waals surface area contributed by atoms with E-state index < -0.39 is 30.1 Å². The topological polar surface area (TPSA) is 77.8 Å². The highest BCUT2D eigenvalue weighted by Crippen LogP contribution is 2.40. The molecule has 0 saturated heterocycles. The number of alkyl halides is 3. The van der Waals surface area contributed by atoms with Crippen LogP contribution in [-0.4, -0.2) is 33.3 Å². The molecule has 0 bridgehead atoms. The third kappa shape index (κ3) is 7.36. The Labute approximate surface area is 176 Å². The van der Waals surface area contributed by atoms with Gasteiger partial charge < -0.3 is 20.1 Å². The maximum absolute atomic E-state index is 12.9. The van der Waals surface area contributed by atoms with Gasteiger partial charge in [0, 0.05) is 6.42 Å². The van der Waals surface area contributed by atoms with Crippen molar-refractivity contribution in [3.63, 3.8) is 0 Å². The molecule has 0 heterocycles. The fourth-order valence-corrected chi connectivity index (χ4v) is 4.53. The molecule has 2 rings (SSSR count). The van der Waals surface area contributed by atoms with Crippen molar-refractivity contribution in [2.24, 2.45) is 11.8 Å². The van der Waals surface area contributed by atoms with E-state index in [0.717, 1.165) is 44.2 Å². The summed E-state index contributed by atoms with van der Waals surface area (Å²) in [5.41, 5.74) is -0.585. The Balaban J connectivity index is 1.86. The number of carbonyl (C=O) groups is 1. The first-order chi connectivity index (χ1) is 14.1. The van der Waals surface area contributed by atoms with Crippen LogP contribution in [0, 0.1) is 11.8 Å². The van der Waals surface area contributed by atoms with E-state index in [0.29, 0.717) is 19.3 Å². The third-order valence-electron chi connectivity index (χ3n) is 6.21. The molecule has 4 nitrogen and oxygen atoms in total. The molecule has 0 spiro atoms. The highest BCUT2D eigenvalue weighted by Gasteiger charge is 2.41. The third-order valence-corrected chi connectivity index (χ3v) is 6.21. The second-order valence-electron chi connectivity index (χ2n) is 8.57. The molecule has 0 aliphatic heterocycles. The smallest absolute Gasteiger partial charge is 0.393 e. The number of hydrogen-bond donors (Lipinski definition) is 3. The second-order valence-corrected chi connectivity index (χ2v) is 8.57. The Bertz CT molecular complexity index is 677. The molecule has 1 saturated carbocycles. The van der Waals surface area contributed by atoms with Crippen molar-refractivity contribution in [3.05, 3.63) is 35.4 Å². The number of rotatable bonds is 11. The van der Waals surface area contributed by atoms with Crippen LogP contribution in [0.5, 0.6) is 0 Å². The quantitative estimate of drug-likeness (QED) is 0.441. The average Bonchev–Trinajstić information content (AvgIpc) is 2.94. The van der Waals surface area contributed by atoms with Crippen molar-refractivity contribution in [3.8, 4) is 0 Å². The van der Waals surface area contributed by atoms with Gasteiger partial charge in [-0.3, -0.25) is 0 Å². The molecule has 30 heavy (non-hydrogen) atoms. The van der Waals surface area contributed by atoms with Gasteiger partial charge in [0.1, 0.15) is 5.78 Å². The maximum Gasteiger partial charge on any atom is 0.416 e. The van der Waals surface area contributed by atoms with Crippen LogP contribution in [-0.2, 0) is 11.0 Å². The molecule has 1 aromatic rings. The first-order valence-corrected chi connectivity index (χ1v) is 10.8. The predicted molar refractivity (Wildman–Crippen MR) is 108 cm³/mol. The van der Waals surface area contributed by atoms with E-state index in [1.54, 1.807) is 6.92 Å². The minimum Gasteiger partial charge on any atom is -0.393 e. The van der Waals surface area contributed by atoms with Gasteiger partial charge >= 0.3 is 6.18 Å². The summed E-state index contributed by atoms with van der Waals surface area (Å²) in [6.45, 7) is 1.58. The van der Waals surface area contributed by atoms with Gasteiger partial charge in [-0.2, -0.15) is 13.2 Å². The van der Waals surface area contributed by atoms with Gasteiger partial charge in [-0.25, -0.2) is 0 Å². The Morgan fingerprint density at radius 1 is 1.07 bits per heavy atom. The highest BCUT2D eigenvalue weighted by atomic mass is 19.4. The number of halogens is 3. The summed E-state index contributed by atoms with van der Waals surface area (Å²) in [5.74, 6) is -0.0806. The lowest BCUT2D eigenvalue weighted by molar-refractivity contribution is -0.137. The predicted octanol–water partition coefficient (Wildman–Crippen LogP) is 4.81. The Hall–Kier alpha value is -1.44. The van der Waals surface area contributed by atoms with Crippen LogP contribution in [0.3, 0.4) is 0 Å². The molecule has 1 fully saturated rings. The summed E-state index contributed by atoms with van der Waals surface area (Å²) in [6.07, 6.45) is -0.851. The largest absolute Gasteiger partial charge is 0.416 e. The Morgan fingerprint density at radius 2 is 1.70 bits per heavy atom. The lowest BCUT2D eigenvalue weighted by Crippen LogP contribution is -2.23. The molecule has 170 valence electrons. The summed E-state index contributed by atoms with van der Waals surface area (Å²) in [6, 6.07) is 4.69. The van der Waals surface area contributed by atoms with E-state index in [1.165, 1.54) is 12.1 Å². The molecule has 1 aromatic carbocycles. The van der Waals surface area contributed by atoms with Crippen LogP contribution in [0.15, 0.2) is 24.3 Å². The number of aliphatic hydroxyl groups is 3. The lowest BCUT2D eigenvalue weighted by atomic mass is 9.84. The van der Waals surface area contributed by atoms with E-state index in [9.17, 15) is 33.3 Å². The second kappa shape index (κ2) is 11.3. The molecule has 1 aliphatic carbocycles. The lowest BCUT2D eigenvalue weighted by Gasteiger charge is -2.25. The minimum absolute atomic E-state index is 0.0819. The van der Waals surface area contributed by atoms with Crippen molar-refractivity contribution >= 4 is 5.78 Å². The van der Waals surface area contributed by atoms with E-state index in [4.69, 9.17) is 0 Å². The molecule has 0 radical (unpaired) electrons. The van der Waals surface area contributed by atoms with Crippen molar-refractivity contribution < 1.29 is 33.3 Å². The summed E-state index contributed by atoms with van der Waals surface area (Å²) in [7, 11) is 0. The van der Waals surface area contributed by atoms with Crippen LogP contribution in [0.4, 0.5) is 13.2 Å². The first-order valence-electron chi connectivity index (χ1n) is 10.8. The van der Waals surface area contributed by atoms with E-state index in [-0.39, 0.29) is 29.6 Å². The molecule has 1 aliphatic rings. The van der Waals surface area contributed by atoms with Crippen molar-refractivity contribution in [1.29, 1.82) is 0 Å². The van der Waals surface area contributed by atoms with E-state index in [1.807, 2.05) is 0 Å². The molecule has 0 amide bonds.